The van der Waals surface area contributed by atoms with Crippen LogP contribution in [-0.2, 0) is 27.2 Å². The van der Waals surface area contributed by atoms with Crippen LogP contribution in [0, 0.1) is 0 Å². The second-order valence-corrected chi connectivity index (χ2v) is 8.51. The monoisotopic (exact) mass is 389 g/mol. The quantitative estimate of drug-likeness (QED) is 0.596. The van der Waals surface area contributed by atoms with Gasteiger partial charge in [0.25, 0.3) is 10.1 Å². The Bertz CT molecular complexity index is 908. The molecule has 2 aromatic rings. The summed E-state index contributed by atoms with van der Waals surface area (Å²) in [6, 6.07) is 11.7. The van der Waals surface area contributed by atoms with E-state index in [1.807, 2.05) is 43.3 Å². The summed E-state index contributed by atoms with van der Waals surface area (Å²) in [7, 11) is -3.69. The van der Waals surface area contributed by atoms with Crippen molar-refractivity contribution in [3.63, 3.8) is 0 Å². The highest BCUT2D eigenvalue weighted by Gasteiger charge is 2.29. The minimum absolute atomic E-state index is 0.0302. The molecule has 0 amide bonds. The summed E-state index contributed by atoms with van der Waals surface area (Å²) < 4.78 is 36.4. The van der Waals surface area contributed by atoms with Crippen LogP contribution in [0.2, 0.25) is 0 Å². The second kappa shape index (κ2) is 8.31. The Morgan fingerprint density at radius 2 is 1.52 bits per heavy atom. The smallest absolute Gasteiger partial charge is 0.288 e. The van der Waals surface area contributed by atoms with Crippen molar-refractivity contribution < 1.29 is 17.4 Å². The molecule has 0 saturated carbocycles. The Morgan fingerprint density at radius 1 is 0.852 bits per heavy atom. The van der Waals surface area contributed by atoms with Gasteiger partial charge in [-0.15, -0.1) is 4.28 Å². The zero-order valence-corrected chi connectivity index (χ0v) is 17.0. The maximum Gasteiger partial charge on any atom is 0.288 e. The van der Waals surface area contributed by atoms with Crippen LogP contribution in [0.3, 0.4) is 0 Å². The van der Waals surface area contributed by atoms with Crippen molar-refractivity contribution in [1.82, 2.24) is 0 Å². The normalized spacial score (nSPS) is 13.1. The van der Waals surface area contributed by atoms with Crippen molar-refractivity contribution in [2.75, 3.05) is 10.8 Å². The molecular formula is C21H27NO4S. The lowest BCUT2D eigenvalue weighted by molar-refractivity contribution is 0.308. The van der Waals surface area contributed by atoms with Crippen molar-refractivity contribution in [3.8, 4) is 11.5 Å². The third-order valence-corrected chi connectivity index (χ3v) is 5.71. The molecule has 3 rings (SSSR count). The van der Waals surface area contributed by atoms with Gasteiger partial charge in [0.1, 0.15) is 11.4 Å². The van der Waals surface area contributed by atoms with E-state index in [1.54, 1.807) is 0 Å². The Balaban J connectivity index is 2.07. The van der Waals surface area contributed by atoms with Gasteiger partial charge in [0.05, 0.1) is 5.75 Å². The zero-order chi connectivity index (χ0) is 19.4. The number of benzene rings is 2. The summed E-state index contributed by atoms with van der Waals surface area (Å²) in [5.41, 5.74) is 3.50. The average Bonchev–Trinajstić information content (AvgIpc) is 2.62. The van der Waals surface area contributed by atoms with Crippen LogP contribution in [0.4, 0.5) is 11.4 Å². The van der Waals surface area contributed by atoms with E-state index >= 15 is 0 Å². The molecule has 146 valence electrons. The molecule has 1 aliphatic rings. The summed E-state index contributed by atoms with van der Waals surface area (Å²) in [4.78, 5) is 0. The van der Waals surface area contributed by atoms with E-state index < -0.39 is 10.1 Å². The van der Waals surface area contributed by atoms with Crippen LogP contribution < -0.4 is 9.80 Å². The molecule has 27 heavy (non-hydrogen) atoms. The van der Waals surface area contributed by atoms with Gasteiger partial charge in [-0.05, 0) is 54.7 Å². The van der Waals surface area contributed by atoms with Gasteiger partial charge in [-0.1, -0.05) is 45.7 Å². The largest absolute Gasteiger partial charge is 0.453 e. The van der Waals surface area contributed by atoms with Gasteiger partial charge in [0, 0.05) is 0 Å². The van der Waals surface area contributed by atoms with E-state index in [2.05, 4.69) is 13.8 Å². The van der Waals surface area contributed by atoms with Crippen LogP contribution in [0.5, 0.6) is 11.5 Å². The number of ether oxygens (including phenoxy) is 1. The lowest BCUT2D eigenvalue weighted by Gasteiger charge is -2.31. The van der Waals surface area contributed by atoms with Gasteiger partial charge in [-0.2, -0.15) is 13.5 Å². The average molecular weight is 390 g/mol. The summed E-state index contributed by atoms with van der Waals surface area (Å²) in [6.45, 7) is 6.05. The Morgan fingerprint density at radius 3 is 2.19 bits per heavy atom. The van der Waals surface area contributed by atoms with E-state index in [1.165, 1.54) is 5.06 Å². The van der Waals surface area contributed by atoms with Crippen LogP contribution >= 0.6 is 0 Å². The predicted octanol–water partition coefficient (Wildman–Crippen LogP) is 5.51. The summed E-state index contributed by atoms with van der Waals surface area (Å²) in [5.74, 6) is 1.18. The highest BCUT2D eigenvalue weighted by molar-refractivity contribution is 7.86. The van der Waals surface area contributed by atoms with Gasteiger partial charge in [-0.25, -0.2) is 0 Å². The highest BCUT2D eigenvalue weighted by atomic mass is 32.2. The number of fused-ring (bicyclic) bond motifs is 2. The molecule has 0 aliphatic carbocycles. The molecule has 2 aromatic carbocycles. The van der Waals surface area contributed by atoms with Crippen molar-refractivity contribution in [2.45, 2.75) is 52.9 Å². The second-order valence-electron chi connectivity index (χ2n) is 6.84. The Kier molecular flexibility index (Phi) is 6.07. The van der Waals surface area contributed by atoms with Crippen molar-refractivity contribution >= 4 is 21.5 Å². The van der Waals surface area contributed by atoms with Gasteiger partial charge >= 0.3 is 0 Å². The minimum atomic E-state index is -3.69. The maximum atomic E-state index is 12.4. The topological polar surface area (TPSA) is 55.8 Å². The van der Waals surface area contributed by atoms with Crippen molar-refractivity contribution in [1.29, 1.82) is 0 Å². The fourth-order valence-corrected chi connectivity index (χ4v) is 4.20. The molecular weight excluding hydrogens is 362 g/mol. The van der Waals surface area contributed by atoms with Crippen LogP contribution in [0.1, 0.15) is 51.2 Å². The molecule has 6 heteroatoms. The number of aryl methyl sites for hydroxylation is 2. The first-order valence-corrected chi connectivity index (χ1v) is 11.2. The zero-order valence-electron chi connectivity index (χ0n) is 16.2. The first kappa shape index (κ1) is 19.7. The van der Waals surface area contributed by atoms with Gasteiger partial charge in [-0.3, -0.25) is 0 Å². The first-order valence-electron chi connectivity index (χ1n) is 9.63. The number of hydrogen-bond donors (Lipinski definition) is 0. The van der Waals surface area contributed by atoms with Gasteiger partial charge in [0.2, 0.25) is 0 Å². The van der Waals surface area contributed by atoms with Crippen LogP contribution in [0.25, 0.3) is 0 Å². The molecule has 1 aliphatic heterocycles. The Hall–Kier alpha value is -2.05. The molecule has 0 atom stereocenters. The molecule has 0 fully saturated rings. The van der Waals surface area contributed by atoms with Gasteiger partial charge < -0.3 is 4.74 Å². The SMILES string of the molecule is CCCc1ccc2c(c1)Oc1ccc(CCC)cc1N2OS(=O)(=O)CCC. The van der Waals surface area contributed by atoms with Crippen LogP contribution in [-0.4, -0.2) is 14.2 Å². The molecule has 0 N–H and O–H groups in total. The van der Waals surface area contributed by atoms with Crippen molar-refractivity contribution in [2.24, 2.45) is 0 Å². The number of nitrogens with zero attached hydrogens (tertiary/aromatic N) is 1. The van der Waals surface area contributed by atoms with E-state index in [0.29, 0.717) is 29.3 Å². The lowest BCUT2D eigenvalue weighted by atomic mass is 10.1. The molecule has 0 aromatic heterocycles. The maximum absolute atomic E-state index is 12.4. The van der Waals surface area contributed by atoms with Crippen LogP contribution in [0.15, 0.2) is 36.4 Å². The third-order valence-electron chi connectivity index (χ3n) is 4.42. The molecule has 1 heterocycles. The summed E-state index contributed by atoms with van der Waals surface area (Å²) in [6.07, 6.45) is 4.38. The summed E-state index contributed by atoms with van der Waals surface area (Å²) >= 11 is 0. The fraction of sp³-hybridized carbons (Fsp3) is 0.429. The minimum Gasteiger partial charge on any atom is -0.453 e. The standard InChI is InChI=1S/C21H27NO4S/c1-4-7-16-10-12-20-19(14-16)22(26-27(23,24)13-6-3)18-11-9-17(8-5-2)15-21(18)25-20/h9-12,14-15H,4-8,13H2,1-3H3. The van der Waals surface area contributed by atoms with Gasteiger partial charge in [0.15, 0.2) is 11.5 Å². The van der Waals surface area contributed by atoms with E-state index in [-0.39, 0.29) is 5.75 Å². The Labute approximate surface area is 162 Å². The molecule has 0 saturated heterocycles. The molecule has 5 nitrogen and oxygen atoms in total. The molecule has 0 spiro atoms. The number of anilines is 2. The predicted molar refractivity (Wildman–Crippen MR) is 108 cm³/mol. The third kappa shape index (κ3) is 4.45. The highest BCUT2D eigenvalue weighted by Crippen LogP contribution is 2.48. The van der Waals surface area contributed by atoms with Crippen molar-refractivity contribution in [3.05, 3.63) is 47.5 Å². The fourth-order valence-electron chi connectivity index (χ4n) is 3.23. The first-order chi connectivity index (χ1) is 13.0. The molecule has 0 unspecified atom stereocenters. The number of rotatable bonds is 8. The molecule has 0 radical (unpaired) electrons. The molecule has 0 bridgehead atoms. The van der Waals surface area contributed by atoms with E-state index in [9.17, 15) is 8.42 Å². The van der Waals surface area contributed by atoms with E-state index in [4.69, 9.17) is 9.02 Å². The van der Waals surface area contributed by atoms with E-state index in [0.717, 1.165) is 36.8 Å². The summed E-state index contributed by atoms with van der Waals surface area (Å²) in [5, 5.41) is 1.41. The number of hydrogen-bond acceptors (Lipinski definition) is 5. The lowest BCUT2D eigenvalue weighted by Crippen LogP contribution is -2.27.